The van der Waals surface area contributed by atoms with Crippen LogP contribution in [0.1, 0.15) is 43.0 Å². The molecule has 0 radical (unpaired) electrons. The average molecular weight is 356 g/mol. The predicted molar refractivity (Wildman–Crippen MR) is 99.8 cm³/mol. The summed E-state index contributed by atoms with van der Waals surface area (Å²) in [6, 6.07) is 2.38. The third kappa shape index (κ3) is 3.14. The fourth-order valence-corrected chi connectivity index (χ4v) is 4.63. The Kier molecular flexibility index (Phi) is 4.44. The number of nitrogens with two attached hydrogens (primary N) is 1. The molecule has 0 aliphatic carbocycles. The van der Waals surface area contributed by atoms with Gasteiger partial charge < -0.3 is 15.5 Å². The van der Waals surface area contributed by atoms with Crippen molar-refractivity contribution in [3.63, 3.8) is 0 Å². The summed E-state index contributed by atoms with van der Waals surface area (Å²) in [5.74, 6) is 1.01. The Labute approximate surface area is 155 Å². The second-order valence-corrected chi connectivity index (χ2v) is 8.19. The molecule has 0 unspecified atom stereocenters. The van der Waals surface area contributed by atoms with Crippen LogP contribution in [0, 0.1) is 6.92 Å². The Morgan fingerprint density at radius 2 is 2.16 bits per heavy atom. The SMILES string of the molecule is Cc1cn2nc([C@@H]3CCCCN3[C](=O)[AlH2])cc2nc1N1CC[C@H](N)C1. The lowest BCUT2D eigenvalue weighted by Crippen LogP contribution is -2.37. The summed E-state index contributed by atoms with van der Waals surface area (Å²) in [6.07, 6.45) is 6.28. The number of anilines is 1. The van der Waals surface area contributed by atoms with Crippen molar-refractivity contribution in [1.82, 2.24) is 19.5 Å². The van der Waals surface area contributed by atoms with E-state index in [-0.39, 0.29) is 16.9 Å². The normalized spacial score (nSPS) is 24.2. The summed E-state index contributed by atoms with van der Waals surface area (Å²) in [6.45, 7) is 4.74. The predicted octanol–water partition coefficient (Wildman–Crippen LogP) is 0.855. The average Bonchev–Trinajstić information content (AvgIpc) is 3.19. The summed E-state index contributed by atoms with van der Waals surface area (Å²) in [5, 5.41) is 4.75. The smallest absolute Gasteiger partial charge is 0.355 e. The van der Waals surface area contributed by atoms with E-state index in [1.807, 2.05) is 21.7 Å². The molecule has 4 rings (SSSR count). The first-order chi connectivity index (χ1) is 12.0. The molecule has 2 aliphatic heterocycles. The third-order valence-corrected chi connectivity index (χ3v) is 5.97. The Hall–Kier alpha value is -1.62. The van der Waals surface area contributed by atoms with Crippen LogP contribution in [0.2, 0.25) is 0 Å². The molecule has 7 nitrogen and oxygen atoms in total. The maximum atomic E-state index is 12.0. The highest BCUT2D eigenvalue weighted by Gasteiger charge is 2.28. The molecule has 132 valence electrons. The minimum absolute atomic E-state index is 0.101. The molecule has 2 atom stereocenters. The zero-order chi connectivity index (χ0) is 17.6. The van der Waals surface area contributed by atoms with E-state index in [9.17, 15) is 4.79 Å². The number of hydrogen-bond donors (Lipinski definition) is 1. The maximum absolute atomic E-state index is 12.0. The van der Waals surface area contributed by atoms with Crippen molar-refractivity contribution in [2.24, 2.45) is 5.73 Å². The lowest BCUT2D eigenvalue weighted by atomic mass is 10.0. The van der Waals surface area contributed by atoms with Gasteiger partial charge in [-0.25, -0.2) is 9.50 Å². The summed E-state index contributed by atoms with van der Waals surface area (Å²) >= 11 is 0.559. The van der Waals surface area contributed by atoms with Crippen molar-refractivity contribution in [2.45, 2.75) is 44.7 Å². The number of hydrogen-bond acceptors (Lipinski definition) is 5. The van der Waals surface area contributed by atoms with Crippen LogP contribution in [0.3, 0.4) is 0 Å². The van der Waals surface area contributed by atoms with Crippen LogP contribution in [0.15, 0.2) is 12.3 Å². The van der Waals surface area contributed by atoms with E-state index < -0.39 is 0 Å². The van der Waals surface area contributed by atoms with Gasteiger partial charge in [-0.1, -0.05) is 0 Å². The molecule has 1 amide bonds. The minimum Gasteiger partial charge on any atom is -0.355 e. The number of amides is 1. The van der Waals surface area contributed by atoms with Gasteiger partial charge in [0.05, 0.1) is 11.7 Å². The Balaban J connectivity index is 1.69. The van der Waals surface area contributed by atoms with Crippen molar-refractivity contribution < 1.29 is 4.79 Å². The van der Waals surface area contributed by atoms with E-state index in [0.717, 1.165) is 68.0 Å². The van der Waals surface area contributed by atoms with E-state index in [0.29, 0.717) is 16.3 Å². The number of fused-ring (bicyclic) bond motifs is 1. The molecule has 2 aliphatic rings. The van der Waals surface area contributed by atoms with Crippen molar-refractivity contribution in [3.05, 3.63) is 23.5 Å². The highest BCUT2D eigenvalue weighted by Crippen LogP contribution is 2.31. The standard InChI is InChI=1S/C17H23N6O.Al.2H/c1-12-9-23-16(19-17(12)21-7-5-13(18)10-21)8-14(20-23)15-4-2-3-6-22(15)11-24;;;/h8-9,13,15H,2-7,10,18H2,1H3;;;/t13-,15-;;;/m0.../s1. The quantitative estimate of drug-likeness (QED) is 0.807. The molecule has 0 aromatic carbocycles. The van der Waals surface area contributed by atoms with Crippen LogP contribution >= 0.6 is 0 Å². The van der Waals surface area contributed by atoms with Gasteiger partial charge in [-0.15, -0.1) is 0 Å². The van der Waals surface area contributed by atoms with E-state index in [1.54, 1.807) is 0 Å². The van der Waals surface area contributed by atoms with Gasteiger partial charge in [0.25, 0.3) is 0 Å². The molecular formula is C17H25AlN6O. The molecular weight excluding hydrogens is 331 g/mol. The first-order valence-corrected chi connectivity index (χ1v) is 10.2. The molecule has 2 aromatic rings. The Morgan fingerprint density at radius 1 is 1.32 bits per heavy atom. The van der Waals surface area contributed by atoms with Crippen LogP contribution in [-0.2, 0) is 0 Å². The number of rotatable bonds is 2. The van der Waals surface area contributed by atoms with Crippen molar-refractivity contribution in [3.8, 4) is 0 Å². The van der Waals surface area contributed by atoms with Crippen LogP contribution in [0.25, 0.3) is 5.65 Å². The molecule has 2 aromatic heterocycles. The molecule has 4 heterocycles. The fraction of sp³-hybridized carbons (Fsp3) is 0.588. The van der Waals surface area contributed by atoms with Gasteiger partial charge in [0, 0.05) is 43.5 Å². The fourth-order valence-electron chi connectivity index (χ4n) is 4.10. The van der Waals surface area contributed by atoms with Crippen molar-refractivity contribution in [2.75, 3.05) is 24.5 Å². The van der Waals surface area contributed by atoms with Gasteiger partial charge >= 0.3 is 16.3 Å². The monoisotopic (exact) mass is 356 g/mol. The van der Waals surface area contributed by atoms with Crippen molar-refractivity contribution >= 4 is 32.5 Å². The van der Waals surface area contributed by atoms with Gasteiger partial charge in [0.2, 0.25) is 0 Å². The van der Waals surface area contributed by atoms with Gasteiger partial charge in [-0.2, -0.15) is 5.10 Å². The Morgan fingerprint density at radius 3 is 2.88 bits per heavy atom. The largest absolute Gasteiger partial charge is 0.355 e. The first kappa shape index (κ1) is 16.8. The molecule has 25 heavy (non-hydrogen) atoms. The summed E-state index contributed by atoms with van der Waals surface area (Å²) in [7, 11) is 0. The van der Waals surface area contributed by atoms with Gasteiger partial charge in [-0.3, -0.25) is 4.79 Å². The van der Waals surface area contributed by atoms with Gasteiger partial charge in [-0.05, 0) is 32.6 Å². The Bertz CT molecular complexity index is 806. The van der Waals surface area contributed by atoms with Crippen LogP contribution in [0.4, 0.5) is 10.6 Å². The highest BCUT2D eigenvalue weighted by molar-refractivity contribution is 6.56. The lowest BCUT2D eigenvalue weighted by Gasteiger charge is -2.34. The summed E-state index contributed by atoms with van der Waals surface area (Å²) in [5.41, 5.74) is 8.97. The molecule has 2 N–H and O–H groups in total. The molecule has 2 fully saturated rings. The number of likely N-dealkylation sites (tertiary alicyclic amines) is 1. The van der Waals surface area contributed by atoms with Gasteiger partial charge in [0.15, 0.2) is 5.65 Å². The maximum Gasteiger partial charge on any atom is 0.355 e. The lowest BCUT2D eigenvalue weighted by molar-refractivity contribution is 0.170. The van der Waals surface area contributed by atoms with E-state index in [4.69, 9.17) is 15.8 Å². The molecule has 2 saturated heterocycles. The number of carbonyl (C=O) groups excluding carboxylic acids is 1. The molecule has 0 saturated carbocycles. The minimum atomic E-state index is 0.101. The van der Waals surface area contributed by atoms with Crippen LogP contribution in [0.5, 0.6) is 0 Å². The number of carbonyl (C=O) groups is 1. The number of piperidine rings is 1. The van der Waals surface area contributed by atoms with Crippen molar-refractivity contribution in [1.29, 1.82) is 0 Å². The zero-order valence-electron chi connectivity index (χ0n) is 15.0. The first-order valence-electron chi connectivity index (χ1n) is 9.17. The third-order valence-electron chi connectivity index (χ3n) is 5.40. The summed E-state index contributed by atoms with van der Waals surface area (Å²) < 4.78 is 2.12. The second kappa shape index (κ2) is 6.60. The van der Waals surface area contributed by atoms with E-state index in [2.05, 4.69) is 11.8 Å². The number of nitrogens with zero attached hydrogens (tertiary/aromatic N) is 5. The van der Waals surface area contributed by atoms with Crippen LogP contribution < -0.4 is 10.6 Å². The molecule has 8 heteroatoms. The highest BCUT2D eigenvalue weighted by atomic mass is 27.0. The second-order valence-electron chi connectivity index (χ2n) is 7.34. The zero-order valence-corrected chi connectivity index (χ0v) is 17.0. The molecule has 0 bridgehead atoms. The van der Waals surface area contributed by atoms with E-state index in [1.165, 1.54) is 0 Å². The number of aryl methyl sites for hydroxylation is 1. The topological polar surface area (TPSA) is 79.8 Å². The van der Waals surface area contributed by atoms with E-state index >= 15 is 0 Å². The molecule has 0 spiro atoms. The van der Waals surface area contributed by atoms with Crippen LogP contribution in [-0.4, -0.2) is 66.2 Å². The number of aromatic nitrogens is 3. The summed E-state index contributed by atoms with van der Waals surface area (Å²) in [4.78, 5) is 21.2. The van der Waals surface area contributed by atoms with Gasteiger partial charge in [0.1, 0.15) is 10.6 Å².